The van der Waals surface area contributed by atoms with Crippen molar-refractivity contribution < 1.29 is 19.8 Å². The number of rotatable bonds is 5. The normalized spacial score (nSPS) is 16.7. The third kappa shape index (κ3) is 4.45. The molecule has 0 atom stereocenters. The van der Waals surface area contributed by atoms with Gasteiger partial charge in [0.1, 0.15) is 6.54 Å². The number of amides is 2. The van der Waals surface area contributed by atoms with Crippen molar-refractivity contribution in [3.8, 4) is 12.3 Å². The maximum atomic E-state index is 12.1. The zero-order valence-electron chi connectivity index (χ0n) is 11.1. The van der Waals surface area contributed by atoms with E-state index >= 15 is 0 Å². The Labute approximate surface area is 113 Å². The van der Waals surface area contributed by atoms with Crippen LogP contribution < -0.4 is 0 Å². The van der Waals surface area contributed by atoms with Gasteiger partial charge in [-0.2, -0.15) is 0 Å². The van der Waals surface area contributed by atoms with Gasteiger partial charge in [-0.1, -0.05) is 18.8 Å². The minimum atomic E-state index is -1.11. The highest BCUT2D eigenvalue weighted by molar-refractivity contribution is 5.80. The summed E-state index contributed by atoms with van der Waals surface area (Å²) in [4.78, 5) is 25.2. The number of nitrogens with zero attached hydrogens (tertiary/aromatic N) is 2. The number of aliphatic carboxylic acids is 1. The van der Waals surface area contributed by atoms with Gasteiger partial charge in [-0.25, -0.2) is 4.79 Å². The summed E-state index contributed by atoms with van der Waals surface area (Å²) >= 11 is 0. The third-order valence-corrected chi connectivity index (χ3v) is 3.27. The summed E-state index contributed by atoms with van der Waals surface area (Å²) < 4.78 is 0. The summed E-state index contributed by atoms with van der Waals surface area (Å²) in [5.41, 5.74) is -0.852. The Morgan fingerprint density at radius 3 is 2.42 bits per heavy atom. The molecule has 0 bridgehead atoms. The minimum Gasteiger partial charge on any atom is -0.480 e. The number of aliphatic hydroxyl groups is 1. The Kier molecular flexibility index (Phi) is 5.19. The Morgan fingerprint density at radius 2 is 1.95 bits per heavy atom. The molecule has 1 aliphatic rings. The van der Waals surface area contributed by atoms with Gasteiger partial charge in [0.05, 0.1) is 18.7 Å². The second-order valence-corrected chi connectivity index (χ2v) is 5.02. The van der Waals surface area contributed by atoms with E-state index < -0.39 is 24.1 Å². The standard InChI is InChI=1S/C13H20N2O4/c1-3-8-15(9-11(16)17)12(18)14(2)10-13(19)6-4-5-7-13/h1,19H,4-10H2,2H3,(H,16,17). The summed E-state index contributed by atoms with van der Waals surface area (Å²) in [5, 5.41) is 19.0. The number of carbonyl (C=O) groups is 2. The number of carboxylic acids is 1. The van der Waals surface area contributed by atoms with Crippen LogP contribution >= 0.6 is 0 Å². The average molecular weight is 268 g/mol. The summed E-state index contributed by atoms with van der Waals surface area (Å²) in [6.45, 7) is -0.299. The van der Waals surface area contributed by atoms with Crippen LogP contribution in [-0.2, 0) is 4.79 Å². The molecule has 0 aromatic carbocycles. The van der Waals surface area contributed by atoms with Crippen molar-refractivity contribution in [2.45, 2.75) is 31.3 Å². The molecule has 0 aliphatic heterocycles. The van der Waals surface area contributed by atoms with Gasteiger partial charge in [-0.15, -0.1) is 6.42 Å². The van der Waals surface area contributed by atoms with Crippen LogP contribution in [-0.4, -0.2) is 64.3 Å². The fourth-order valence-electron chi connectivity index (χ4n) is 2.41. The quantitative estimate of drug-likeness (QED) is 0.706. The van der Waals surface area contributed by atoms with Crippen LogP contribution in [0.2, 0.25) is 0 Å². The second-order valence-electron chi connectivity index (χ2n) is 5.02. The number of carbonyl (C=O) groups excluding carboxylic acids is 1. The summed E-state index contributed by atoms with van der Waals surface area (Å²) in [6, 6.07) is -0.472. The molecule has 2 N–H and O–H groups in total. The van der Waals surface area contributed by atoms with Crippen molar-refractivity contribution in [1.82, 2.24) is 9.80 Å². The van der Waals surface area contributed by atoms with E-state index in [1.165, 1.54) is 4.90 Å². The van der Waals surface area contributed by atoms with E-state index in [0.717, 1.165) is 17.7 Å². The first kappa shape index (κ1) is 15.3. The van der Waals surface area contributed by atoms with Crippen molar-refractivity contribution in [2.24, 2.45) is 0 Å². The molecule has 1 rings (SSSR count). The van der Waals surface area contributed by atoms with E-state index in [9.17, 15) is 14.7 Å². The van der Waals surface area contributed by atoms with E-state index in [2.05, 4.69) is 5.92 Å². The van der Waals surface area contributed by atoms with E-state index in [1.54, 1.807) is 7.05 Å². The van der Waals surface area contributed by atoms with Crippen LogP contribution in [0, 0.1) is 12.3 Å². The molecule has 1 saturated carbocycles. The minimum absolute atomic E-state index is 0.0616. The van der Waals surface area contributed by atoms with Gasteiger partial charge in [-0.05, 0) is 12.8 Å². The van der Waals surface area contributed by atoms with Gasteiger partial charge >= 0.3 is 12.0 Å². The van der Waals surface area contributed by atoms with E-state index in [4.69, 9.17) is 11.5 Å². The van der Waals surface area contributed by atoms with Crippen LogP contribution in [0.25, 0.3) is 0 Å². The van der Waals surface area contributed by atoms with Gasteiger partial charge in [-0.3, -0.25) is 4.79 Å². The number of carboxylic acid groups (broad SMARTS) is 1. The second kappa shape index (κ2) is 6.43. The molecule has 19 heavy (non-hydrogen) atoms. The topological polar surface area (TPSA) is 81.1 Å². The molecule has 0 radical (unpaired) electrons. The SMILES string of the molecule is C#CCN(CC(=O)O)C(=O)N(C)CC1(O)CCCC1. The third-order valence-electron chi connectivity index (χ3n) is 3.27. The smallest absolute Gasteiger partial charge is 0.323 e. The van der Waals surface area contributed by atoms with Crippen LogP contribution in [0.5, 0.6) is 0 Å². The molecule has 2 amide bonds. The molecule has 0 saturated heterocycles. The fraction of sp³-hybridized carbons (Fsp3) is 0.692. The first-order valence-corrected chi connectivity index (χ1v) is 6.26. The van der Waals surface area contributed by atoms with Crippen molar-refractivity contribution >= 4 is 12.0 Å². The van der Waals surface area contributed by atoms with Crippen LogP contribution in [0.3, 0.4) is 0 Å². The fourth-order valence-corrected chi connectivity index (χ4v) is 2.41. The van der Waals surface area contributed by atoms with E-state index in [1.807, 2.05) is 0 Å². The molecular formula is C13H20N2O4. The number of hydrogen-bond donors (Lipinski definition) is 2. The zero-order chi connectivity index (χ0) is 14.5. The van der Waals surface area contributed by atoms with Crippen LogP contribution in [0.4, 0.5) is 4.79 Å². The lowest BCUT2D eigenvalue weighted by Gasteiger charge is -2.31. The maximum absolute atomic E-state index is 12.1. The average Bonchev–Trinajstić information content (AvgIpc) is 2.73. The highest BCUT2D eigenvalue weighted by atomic mass is 16.4. The number of hydrogen-bond acceptors (Lipinski definition) is 3. The molecule has 0 aromatic rings. The van der Waals surface area contributed by atoms with Gasteiger partial charge in [0.2, 0.25) is 0 Å². The number of likely N-dealkylation sites (N-methyl/N-ethyl adjacent to an activating group) is 1. The lowest BCUT2D eigenvalue weighted by Crippen LogP contribution is -2.49. The lowest BCUT2D eigenvalue weighted by atomic mass is 10.0. The van der Waals surface area contributed by atoms with Crippen LogP contribution in [0.15, 0.2) is 0 Å². The van der Waals surface area contributed by atoms with Gasteiger partial charge in [0.15, 0.2) is 0 Å². The van der Waals surface area contributed by atoms with Crippen molar-refractivity contribution in [3.05, 3.63) is 0 Å². The Bertz CT molecular complexity index is 383. The molecule has 1 aliphatic carbocycles. The van der Waals surface area contributed by atoms with Gasteiger partial charge in [0, 0.05) is 7.05 Å². The first-order valence-electron chi connectivity index (χ1n) is 6.26. The molecule has 1 fully saturated rings. The zero-order valence-corrected chi connectivity index (χ0v) is 11.1. The molecule has 0 aromatic heterocycles. The first-order chi connectivity index (χ1) is 8.88. The lowest BCUT2D eigenvalue weighted by molar-refractivity contribution is -0.137. The van der Waals surface area contributed by atoms with Crippen molar-refractivity contribution in [3.63, 3.8) is 0 Å². The molecule has 6 nitrogen and oxygen atoms in total. The van der Waals surface area contributed by atoms with Gasteiger partial charge < -0.3 is 20.0 Å². The molecule has 0 spiro atoms. The molecule has 106 valence electrons. The predicted molar refractivity (Wildman–Crippen MR) is 69.5 cm³/mol. The predicted octanol–water partition coefficient (Wildman–Crippen LogP) is 0.363. The number of urea groups is 1. The van der Waals surface area contributed by atoms with Crippen molar-refractivity contribution in [1.29, 1.82) is 0 Å². The molecule has 6 heteroatoms. The van der Waals surface area contributed by atoms with Crippen molar-refractivity contribution in [2.75, 3.05) is 26.7 Å². The highest BCUT2D eigenvalue weighted by Crippen LogP contribution is 2.30. The molecule has 0 heterocycles. The summed E-state index contributed by atoms with van der Waals surface area (Å²) in [7, 11) is 1.55. The Hall–Kier alpha value is -1.74. The monoisotopic (exact) mass is 268 g/mol. The molecular weight excluding hydrogens is 248 g/mol. The largest absolute Gasteiger partial charge is 0.480 e. The van der Waals surface area contributed by atoms with Crippen LogP contribution in [0.1, 0.15) is 25.7 Å². The Balaban J connectivity index is 2.62. The van der Waals surface area contributed by atoms with E-state index in [-0.39, 0.29) is 13.1 Å². The van der Waals surface area contributed by atoms with Gasteiger partial charge in [0.25, 0.3) is 0 Å². The number of terminal acetylenes is 1. The molecule has 0 unspecified atom stereocenters. The van der Waals surface area contributed by atoms with E-state index in [0.29, 0.717) is 12.8 Å². The maximum Gasteiger partial charge on any atom is 0.323 e. The summed E-state index contributed by atoms with van der Waals surface area (Å²) in [5.74, 6) is 1.15. The Morgan fingerprint density at radius 1 is 1.37 bits per heavy atom. The highest BCUT2D eigenvalue weighted by Gasteiger charge is 2.34. The summed E-state index contributed by atoms with van der Waals surface area (Å²) in [6.07, 6.45) is 8.35.